The Morgan fingerprint density at radius 1 is 1.35 bits per heavy atom. The molecule has 0 aliphatic carbocycles. The summed E-state index contributed by atoms with van der Waals surface area (Å²) in [5.74, 6) is 0.390. The van der Waals surface area contributed by atoms with E-state index in [1.807, 2.05) is 31.3 Å². The van der Waals surface area contributed by atoms with Gasteiger partial charge in [-0.25, -0.2) is 9.37 Å². The Balaban J connectivity index is 1.58. The lowest BCUT2D eigenvalue weighted by Crippen LogP contribution is -2.45. The van der Waals surface area contributed by atoms with Gasteiger partial charge in [0, 0.05) is 38.9 Å². The number of benzene rings is 1. The van der Waals surface area contributed by atoms with Gasteiger partial charge in [0.1, 0.15) is 11.6 Å². The maximum Gasteiger partial charge on any atom is 0.254 e. The van der Waals surface area contributed by atoms with Crippen LogP contribution in [0.4, 0.5) is 10.2 Å². The predicted molar refractivity (Wildman–Crippen MR) is 98.9 cm³/mol. The Kier molecular flexibility index (Phi) is 5.83. The van der Waals surface area contributed by atoms with Crippen molar-refractivity contribution in [2.45, 2.75) is 18.9 Å². The van der Waals surface area contributed by atoms with Crippen LogP contribution in [0.1, 0.15) is 22.3 Å². The monoisotopic (exact) mass is 357 g/mol. The van der Waals surface area contributed by atoms with E-state index in [4.69, 9.17) is 4.74 Å². The molecular formula is C20H24FN3O2. The fraction of sp³-hybridized carbons (Fsp3) is 0.400. The van der Waals surface area contributed by atoms with Crippen LogP contribution in [0.15, 0.2) is 42.6 Å². The van der Waals surface area contributed by atoms with Crippen LogP contribution in [0.25, 0.3) is 0 Å². The van der Waals surface area contributed by atoms with Gasteiger partial charge in [-0.2, -0.15) is 0 Å². The second-order valence-corrected chi connectivity index (χ2v) is 6.71. The van der Waals surface area contributed by atoms with E-state index in [2.05, 4.69) is 11.1 Å². The number of carbonyl (C=O) groups excluding carboxylic acids is 1. The Bertz CT molecular complexity index is 766. The zero-order valence-corrected chi connectivity index (χ0v) is 15.2. The standard InChI is InChI=1S/C20H24FN3O2/c1-23(2)19-12-15(8-9-22-19)6-7-18-14-24(10-11-26-18)20(25)16-4-3-5-17(21)13-16/h3-5,8-9,12-13,18H,6-7,10-11,14H2,1-2H3/t18-/m0/s1. The summed E-state index contributed by atoms with van der Waals surface area (Å²) < 4.78 is 19.2. The number of hydrogen-bond donors (Lipinski definition) is 0. The minimum Gasteiger partial charge on any atom is -0.375 e. The summed E-state index contributed by atoms with van der Waals surface area (Å²) in [6, 6.07) is 9.91. The molecule has 3 rings (SSSR count). The SMILES string of the molecule is CN(C)c1cc(CC[C@H]2CN(C(=O)c3cccc(F)c3)CCO2)ccn1. The molecule has 0 saturated carbocycles. The van der Waals surface area contributed by atoms with Crippen molar-refractivity contribution in [3.05, 3.63) is 59.5 Å². The molecule has 1 aromatic heterocycles. The van der Waals surface area contributed by atoms with Gasteiger partial charge in [0.15, 0.2) is 0 Å². The number of aromatic nitrogens is 1. The molecule has 2 aromatic rings. The second kappa shape index (κ2) is 8.27. The number of amides is 1. The molecule has 0 spiro atoms. The third-order valence-electron chi connectivity index (χ3n) is 4.52. The summed E-state index contributed by atoms with van der Waals surface area (Å²) in [5, 5.41) is 0. The lowest BCUT2D eigenvalue weighted by molar-refractivity contribution is -0.0246. The number of rotatable bonds is 5. The number of halogens is 1. The van der Waals surface area contributed by atoms with E-state index in [0.717, 1.165) is 18.7 Å². The summed E-state index contributed by atoms with van der Waals surface area (Å²) in [5.41, 5.74) is 1.58. The highest BCUT2D eigenvalue weighted by Gasteiger charge is 2.25. The van der Waals surface area contributed by atoms with Crippen LogP contribution in [0.5, 0.6) is 0 Å². The van der Waals surface area contributed by atoms with Gasteiger partial charge in [-0.05, 0) is 48.7 Å². The van der Waals surface area contributed by atoms with Gasteiger partial charge in [0.2, 0.25) is 0 Å². The highest BCUT2D eigenvalue weighted by Crippen LogP contribution is 2.17. The maximum absolute atomic E-state index is 13.4. The molecule has 0 N–H and O–H groups in total. The van der Waals surface area contributed by atoms with Crippen molar-refractivity contribution in [2.24, 2.45) is 0 Å². The number of carbonyl (C=O) groups is 1. The summed E-state index contributed by atoms with van der Waals surface area (Å²) in [4.78, 5) is 20.6. The third-order valence-corrected chi connectivity index (χ3v) is 4.52. The van der Waals surface area contributed by atoms with Gasteiger partial charge in [-0.3, -0.25) is 4.79 Å². The van der Waals surface area contributed by atoms with Gasteiger partial charge in [-0.15, -0.1) is 0 Å². The van der Waals surface area contributed by atoms with Crippen LogP contribution in [0.2, 0.25) is 0 Å². The molecule has 0 unspecified atom stereocenters. The normalized spacial score (nSPS) is 17.2. The molecule has 2 heterocycles. The molecule has 26 heavy (non-hydrogen) atoms. The molecule has 1 aliphatic heterocycles. The van der Waals surface area contributed by atoms with E-state index < -0.39 is 5.82 Å². The number of hydrogen-bond acceptors (Lipinski definition) is 4. The lowest BCUT2D eigenvalue weighted by Gasteiger charge is -2.33. The zero-order chi connectivity index (χ0) is 18.5. The molecule has 1 aliphatic rings. The van der Waals surface area contributed by atoms with Crippen molar-refractivity contribution in [2.75, 3.05) is 38.7 Å². The Hall–Kier alpha value is -2.47. The van der Waals surface area contributed by atoms with Gasteiger partial charge in [0.05, 0.1) is 12.7 Å². The Labute approximate surface area is 153 Å². The number of aryl methyl sites for hydroxylation is 1. The molecule has 1 atom stereocenters. The topological polar surface area (TPSA) is 45.7 Å². The van der Waals surface area contributed by atoms with Crippen molar-refractivity contribution in [1.82, 2.24) is 9.88 Å². The molecule has 0 radical (unpaired) electrons. The quantitative estimate of drug-likeness (QED) is 0.825. The van der Waals surface area contributed by atoms with Crippen LogP contribution in [-0.4, -0.2) is 55.7 Å². The fourth-order valence-electron chi connectivity index (χ4n) is 3.07. The Morgan fingerprint density at radius 2 is 2.19 bits per heavy atom. The predicted octanol–water partition coefficient (Wildman–Crippen LogP) is 2.76. The fourth-order valence-corrected chi connectivity index (χ4v) is 3.07. The van der Waals surface area contributed by atoms with Crippen LogP contribution < -0.4 is 4.90 Å². The van der Waals surface area contributed by atoms with E-state index in [1.165, 1.54) is 17.7 Å². The molecule has 1 aromatic carbocycles. The zero-order valence-electron chi connectivity index (χ0n) is 15.2. The second-order valence-electron chi connectivity index (χ2n) is 6.71. The number of ether oxygens (including phenoxy) is 1. The average molecular weight is 357 g/mol. The minimum atomic E-state index is -0.393. The van der Waals surface area contributed by atoms with Crippen molar-refractivity contribution in [3.8, 4) is 0 Å². The molecule has 1 saturated heterocycles. The summed E-state index contributed by atoms with van der Waals surface area (Å²) >= 11 is 0. The minimum absolute atomic E-state index is 0.0165. The van der Waals surface area contributed by atoms with Crippen LogP contribution in [-0.2, 0) is 11.2 Å². The maximum atomic E-state index is 13.4. The largest absolute Gasteiger partial charge is 0.375 e. The van der Waals surface area contributed by atoms with E-state index >= 15 is 0 Å². The lowest BCUT2D eigenvalue weighted by atomic mass is 10.1. The molecule has 0 bridgehead atoms. The molecule has 138 valence electrons. The highest BCUT2D eigenvalue weighted by molar-refractivity contribution is 5.94. The van der Waals surface area contributed by atoms with Crippen molar-refractivity contribution >= 4 is 11.7 Å². The number of nitrogens with zero attached hydrogens (tertiary/aromatic N) is 3. The smallest absolute Gasteiger partial charge is 0.254 e. The van der Waals surface area contributed by atoms with Crippen LogP contribution >= 0.6 is 0 Å². The summed E-state index contributed by atoms with van der Waals surface area (Å²) in [6.07, 6.45) is 3.48. The van der Waals surface area contributed by atoms with Crippen LogP contribution in [0, 0.1) is 5.82 Å². The van der Waals surface area contributed by atoms with Crippen molar-refractivity contribution < 1.29 is 13.9 Å². The number of pyridine rings is 1. The molecule has 1 amide bonds. The van der Waals surface area contributed by atoms with E-state index in [1.54, 1.807) is 17.0 Å². The molecule has 5 nitrogen and oxygen atoms in total. The van der Waals surface area contributed by atoms with Gasteiger partial charge < -0.3 is 14.5 Å². The Morgan fingerprint density at radius 3 is 2.96 bits per heavy atom. The first-order valence-electron chi connectivity index (χ1n) is 8.81. The summed E-state index contributed by atoms with van der Waals surface area (Å²) in [7, 11) is 3.93. The molecule has 1 fully saturated rings. The van der Waals surface area contributed by atoms with E-state index in [9.17, 15) is 9.18 Å². The first-order chi connectivity index (χ1) is 12.5. The van der Waals surface area contributed by atoms with E-state index in [-0.39, 0.29) is 12.0 Å². The summed E-state index contributed by atoms with van der Waals surface area (Å²) in [6.45, 7) is 1.57. The van der Waals surface area contributed by atoms with Crippen molar-refractivity contribution in [3.63, 3.8) is 0 Å². The number of morpholine rings is 1. The van der Waals surface area contributed by atoms with Gasteiger partial charge in [0.25, 0.3) is 5.91 Å². The van der Waals surface area contributed by atoms with Crippen molar-refractivity contribution in [1.29, 1.82) is 0 Å². The number of anilines is 1. The van der Waals surface area contributed by atoms with Crippen LogP contribution in [0.3, 0.4) is 0 Å². The molecule has 6 heteroatoms. The van der Waals surface area contributed by atoms with Gasteiger partial charge in [-0.1, -0.05) is 6.07 Å². The van der Waals surface area contributed by atoms with Gasteiger partial charge >= 0.3 is 0 Å². The first-order valence-corrected chi connectivity index (χ1v) is 8.81. The first kappa shape index (κ1) is 18.3. The van der Waals surface area contributed by atoms with E-state index in [0.29, 0.717) is 25.3 Å². The highest BCUT2D eigenvalue weighted by atomic mass is 19.1. The average Bonchev–Trinajstić information content (AvgIpc) is 2.66. The third kappa shape index (κ3) is 4.58. The molecular weight excluding hydrogens is 333 g/mol.